The molecule has 19 heavy (non-hydrogen) atoms. The predicted molar refractivity (Wildman–Crippen MR) is 81.6 cm³/mol. The number of rotatable bonds is 4. The van der Waals surface area contributed by atoms with E-state index in [2.05, 4.69) is 17.3 Å². The van der Waals surface area contributed by atoms with Gasteiger partial charge in [-0.05, 0) is 58.9 Å². The molecule has 2 heterocycles. The van der Waals surface area contributed by atoms with Crippen LogP contribution in [-0.4, -0.2) is 73.0 Å². The first-order valence-electron chi connectivity index (χ1n) is 7.43. The molecule has 2 aliphatic heterocycles. The molecule has 0 spiro atoms. The van der Waals surface area contributed by atoms with E-state index in [-0.39, 0.29) is 0 Å². The zero-order chi connectivity index (χ0) is 13.7. The zero-order valence-electron chi connectivity index (χ0n) is 12.2. The topological polar surface area (TPSA) is 35.6 Å². The molecule has 2 aliphatic rings. The Morgan fingerprint density at radius 2 is 1.89 bits per heavy atom. The van der Waals surface area contributed by atoms with Gasteiger partial charge in [0.15, 0.2) is 0 Å². The van der Waals surface area contributed by atoms with E-state index in [1.54, 1.807) is 0 Å². The molecule has 4 nitrogen and oxygen atoms in total. The summed E-state index contributed by atoms with van der Waals surface area (Å²) < 4.78 is 0. The van der Waals surface area contributed by atoms with Gasteiger partial charge in [-0.25, -0.2) is 0 Å². The Hall–Kier alpha value is -0.260. The standard InChI is InChI=1S/C14H27N3OS/c1-16-9-5-12(6-10-16)17(2)14(18)11-19-13-3-7-15-8-4-13/h12-13,15H,3-11H2,1-2H3. The predicted octanol–water partition coefficient (Wildman–Crippen LogP) is 1.02. The second kappa shape index (κ2) is 7.50. The van der Waals surface area contributed by atoms with Crippen LogP contribution in [0.2, 0.25) is 0 Å². The lowest BCUT2D eigenvalue weighted by Gasteiger charge is -2.35. The van der Waals surface area contributed by atoms with Crippen LogP contribution >= 0.6 is 11.8 Å². The lowest BCUT2D eigenvalue weighted by atomic mass is 10.0. The van der Waals surface area contributed by atoms with Crippen molar-refractivity contribution in [1.82, 2.24) is 15.1 Å². The lowest BCUT2D eigenvalue weighted by Crippen LogP contribution is -2.45. The van der Waals surface area contributed by atoms with Crippen molar-refractivity contribution in [3.05, 3.63) is 0 Å². The molecule has 0 saturated carbocycles. The van der Waals surface area contributed by atoms with Crippen molar-refractivity contribution in [3.8, 4) is 0 Å². The SMILES string of the molecule is CN1CCC(N(C)C(=O)CSC2CCNCC2)CC1. The van der Waals surface area contributed by atoms with E-state index in [1.807, 2.05) is 23.7 Å². The van der Waals surface area contributed by atoms with Gasteiger partial charge in [-0.15, -0.1) is 11.8 Å². The van der Waals surface area contributed by atoms with Crippen molar-refractivity contribution in [2.45, 2.75) is 37.0 Å². The Bertz CT molecular complexity index is 286. The molecular formula is C14H27N3OS. The van der Waals surface area contributed by atoms with Gasteiger partial charge >= 0.3 is 0 Å². The molecule has 5 heteroatoms. The average Bonchev–Trinajstić information content (AvgIpc) is 2.46. The number of thioether (sulfide) groups is 1. The number of piperidine rings is 2. The molecule has 0 aliphatic carbocycles. The molecular weight excluding hydrogens is 258 g/mol. The number of likely N-dealkylation sites (tertiary alicyclic amines) is 1. The minimum atomic E-state index is 0.318. The summed E-state index contributed by atoms with van der Waals surface area (Å²) >= 11 is 1.86. The molecule has 110 valence electrons. The minimum Gasteiger partial charge on any atom is -0.342 e. The fraction of sp³-hybridized carbons (Fsp3) is 0.929. The van der Waals surface area contributed by atoms with E-state index in [9.17, 15) is 4.79 Å². The van der Waals surface area contributed by atoms with Crippen molar-refractivity contribution in [1.29, 1.82) is 0 Å². The fourth-order valence-electron chi connectivity index (χ4n) is 2.84. The van der Waals surface area contributed by atoms with Gasteiger partial charge in [0.25, 0.3) is 0 Å². The molecule has 2 rings (SSSR count). The van der Waals surface area contributed by atoms with Crippen LogP contribution in [0.3, 0.4) is 0 Å². The Morgan fingerprint density at radius 3 is 2.53 bits per heavy atom. The van der Waals surface area contributed by atoms with Crippen molar-refractivity contribution in [3.63, 3.8) is 0 Å². The van der Waals surface area contributed by atoms with E-state index in [1.165, 1.54) is 12.8 Å². The van der Waals surface area contributed by atoms with E-state index in [4.69, 9.17) is 0 Å². The van der Waals surface area contributed by atoms with Crippen LogP contribution < -0.4 is 5.32 Å². The number of nitrogens with zero attached hydrogens (tertiary/aromatic N) is 2. The second-order valence-corrected chi connectivity index (χ2v) is 7.09. The molecule has 1 N–H and O–H groups in total. The maximum atomic E-state index is 12.2. The summed E-state index contributed by atoms with van der Waals surface area (Å²) in [6.07, 6.45) is 4.65. The molecule has 0 bridgehead atoms. The van der Waals surface area contributed by atoms with Crippen molar-refractivity contribution < 1.29 is 4.79 Å². The molecule has 1 amide bonds. The normalized spacial score (nSPS) is 23.5. The number of hydrogen-bond acceptors (Lipinski definition) is 4. The molecule has 0 aromatic heterocycles. The summed E-state index contributed by atoms with van der Waals surface area (Å²) in [5, 5.41) is 4.04. The highest BCUT2D eigenvalue weighted by molar-refractivity contribution is 8.00. The van der Waals surface area contributed by atoms with Crippen LogP contribution in [0.15, 0.2) is 0 Å². The Balaban J connectivity index is 1.69. The van der Waals surface area contributed by atoms with Crippen LogP contribution in [0.5, 0.6) is 0 Å². The molecule has 0 radical (unpaired) electrons. The third-order valence-corrected chi connectivity index (χ3v) is 5.71. The fourth-order valence-corrected chi connectivity index (χ4v) is 3.99. The summed E-state index contributed by atoms with van der Waals surface area (Å²) in [6.45, 7) is 4.45. The zero-order valence-corrected chi connectivity index (χ0v) is 13.0. The van der Waals surface area contributed by atoms with Crippen LogP contribution in [-0.2, 0) is 4.79 Å². The highest BCUT2D eigenvalue weighted by atomic mass is 32.2. The third-order valence-electron chi connectivity index (χ3n) is 4.36. The number of carbonyl (C=O) groups is 1. The van der Waals surface area contributed by atoms with Gasteiger partial charge in [-0.2, -0.15) is 0 Å². The van der Waals surface area contributed by atoms with Gasteiger partial charge in [-0.3, -0.25) is 4.79 Å². The molecule has 2 fully saturated rings. The Kier molecular flexibility index (Phi) is 5.98. The van der Waals surface area contributed by atoms with Gasteiger partial charge in [0.1, 0.15) is 0 Å². The monoisotopic (exact) mass is 285 g/mol. The van der Waals surface area contributed by atoms with Gasteiger partial charge in [0, 0.05) is 18.3 Å². The van der Waals surface area contributed by atoms with Gasteiger partial charge in [0.05, 0.1) is 5.75 Å². The number of hydrogen-bond donors (Lipinski definition) is 1. The van der Waals surface area contributed by atoms with E-state index < -0.39 is 0 Å². The molecule has 0 aromatic carbocycles. The number of amides is 1. The maximum Gasteiger partial charge on any atom is 0.232 e. The minimum absolute atomic E-state index is 0.318. The number of nitrogens with one attached hydrogen (secondary N) is 1. The van der Waals surface area contributed by atoms with Gasteiger partial charge < -0.3 is 15.1 Å². The number of carbonyl (C=O) groups excluding carboxylic acids is 1. The summed E-state index contributed by atoms with van der Waals surface area (Å²) in [7, 11) is 4.15. The average molecular weight is 285 g/mol. The maximum absolute atomic E-state index is 12.2. The molecule has 0 atom stereocenters. The molecule has 0 aromatic rings. The van der Waals surface area contributed by atoms with Crippen LogP contribution in [0.4, 0.5) is 0 Å². The summed E-state index contributed by atoms with van der Waals surface area (Å²) in [5.41, 5.74) is 0. The highest BCUT2D eigenvalue weighted by Crippen LogP contribution is 2.21. The Labute approximate surface area is 121 Å². The van der Waals surface area contributed by atoms with E-state index >= 15 is 0 Å². The third kappa shape index (κ3) is 4.65. The van der Waals surface area contributed by atoms with Crippen molar-refractivity contribution >= 4 is 17.7 Å². The summed E-state index contributed by atoms with van der Waals surface area (Å²) in [5.74, 6) is 0.978. The summed E-state index contributed by atoms with van der Waals surface area (Å²) in [6, 6.07) is 0.456. The molecule has 0 unspecified atom stereocenters. The quantitative estimate of drug-likeness (QED) is 0.837. The summed E-state index contributed by atoms with van der Waals surface area (Å²) in [4.78, 5) is 16.6. The first-order chi connectivity index (χ1) is 9.16. The first-order valence-corrected chi connectivity index (χ1v) is 8.48. The highest BCUT2D eigenvalue weighted by Gasteiger charge is 2.24. The van der Waals surface area contributed by atoms with E-state index in [0.29, 0.717) is 23.0 Å². The lowest BCUT2D eigenvalue weighted by molar-refractivity contribution is -0.129. The molecule has 2 saturated heterocycles. The van der Waals surface area contributed by atoms with E-state index in [0.717, 1.165) is 39.0 Å². The van der Waals surface area contributed by atoms with Crippen molar-refractivity contribution in [2.24, 2.45) is 0 Å². The first kappa shape index (κ1) is 15.1. The van der Waals surface area contributed by atoms with Crippen molar-refractivity contribution in [2.75, 3.05) is 46.0 Å². The van der Waals surface area contributed by atoms with Crippen LogP contribution in [0, 0.1) is 0 Å². The largest absolute Gasteiger partial charge is 0.342 e. The van der Waals surface area contributed by atoms with Crippen LogP contribution in [0.25, 0.3) is 0 Å². The van der Waals surface area contributed by atoms with Gasteiger partial charge in [-0.1, -0.05) is 0 Å². The Morgan fingerprint density at radius 1 is 1.26 bits per heavy atom. The smallest absolute Gasteiger partial charge is 0.232 e. The van der Waals surface area contributed by atoms with Gasteiger partial charge in [0.2, 0.25) is 5.91 Å². The second-order valence-electron chi connectivity index (χ2n) is 5.80. The van der Waals surface area contributed by atoms with Crippen LogP contribution in [0.1, 0.15) is 25.7 Å².